The minimum Gasteiger partial charge on any atom is -0.463 e. The van der Waals surface area contributed by atoms with Crippen molar-refractivity contribution in [1.29, 1.82) is 0 Å². The lowest BCUT2D eigenvalue weighted by Gasteiger charge is -2.27. The van der Waals surface area contributed by atoms with Crippen molar-refractivity contribution < 1.29 is 23.9 Å². The van der Waals surface area contributed by atoms with Crippen molar-refractivity contribution in [3.63, 3.8) is 0 Å². The SMILES string of the molecule is CCOC(=O)[C@](CC)(OC(C)=O)C(=O)CBr. The maximum atomic E-state index is 11.7. The molecule has 1 atom stereocenters. The van der Waals surface area contributed by atoms with Crippen LogP contribution in [0.3, 0.4) is 0 Å². The van der Waals surface area contributed by atoms with Crippen LogP contribution in [0.4, 0.5) is 0 Å². The highest BCUT2D eigenvalue weighted by Gasteiger charge is 2.48. The monoisotopic (exact) mass is 294 g/mol. The van der Waals surface area contributed by atoms with Crippen molar-refractivity contribution in [2.75, 3.05) is 11.9 Å². The quantitative estimate of drug-likeness (QED) is 0.419. The number of esters is 2. The number of alkyl halides is 1. The van der Waals surface area contributed by atoms with Crippen LogP contribution in [0.5, 0.6) is 0 Å². The van der Waals surface area contributed by atoms with Crippen molar-refractivity contribution in [3.8, 4) is 0 Å². The van der Waals surface area contributed by atoms with Gasteiger partial charge in [-0.2, -0.15) is 0 Å². The molecule has 0 aliphatic heterocycles. The summed E-state index contributed by atoms with van der Waals surface area (Å²) in [5.74, 6) is -2.04. The molecule has 92 valence electrons. The summed E-state index contributed by atoms with van der Waals surface area (Å²) in [4.78, 5) is 34.3. The summed E-state index contributed by atoms with van der Waals surface area (Å²) in [7, 11) is 0. The van der Waals surface area contributed by atoms with Gasteiger partial charge < -0.3 is 9.47 Å². The Morgan fingerprint density at radius 1 is 1.25 bits per heavy atom. The van der Waals surface area contributed by atoms with Crippen molar-refractivity contribution in [1.82, 2.24) is 0 Å². The van der Waals surface area contributed by atoms with Gasteiger partial charge in [-0.15, -0.1) is 0 Å². The zero-order valence-electron chi connectivity index (χ0n) is 9.54. The topological polar surface area (TPSA) is 69.7 Å². The van der Waals surface area contributed by atoms with Crippen LogP contribution < -0.4 is 0 Å². The van der Waals surface area contributed by atoms with Gasteiger partial charge in [0.15, 0.2) is 5.78 Å². The summed E-state index contributed by atoms with van der Waals surface area (Å²) in [5.41, 5.74) is -1.81. The fourth-order valence-electron chi connectivity index (χ4n) is 1.23. The molecule has 0 radical (unpaired) electrons. The number of ketones is 1. The third kappa shape index (κ3) is 3.30. The highest BCUT2D eigenvalue weighted by Crippen LogP contribution is 2.21. The first-order valence-corrected chi connectivity index (χ1v) is 6.02. The summed E-state index contributed by atoms with van der Waals surface area (Å²) in [6.07, 6.45) is 0.0514. The van der Waals surface area contributed by atoms with Crippen LogP contribution in [-0.2, 0) is 23.9 Å². The Hall–Kier alpha value is -0.910. The van der Waals surface area contributed by atoms with E-state index in [9.17, 15) is 14.4 Å². The van der Waals surface area contributed by atoms with Gasteiger partial charge in [0, 0.05) is 13.3 Å². The number of carbonyl (C=O) groups excluding carboxylic acids is 3. The maximum absolute atomic E-state index is 11.7. The summed E-state index contributed by atoms with van der Waals surface area (Å²) in [6, 6.07) is 0. The van der Waals surface area contributed by atoms with Crippen molar-refractivity contribution in [2.24, 2.45) is 0 Å². The number of rotatable bonds is 6. The van der Waals surface area contributed by atoms with E-state index < -0.39 is 23.3 Å². The van der Waals surface area contributed by atoms with Gasteiger partial charge in [-0.25, -0.2) is 4.79 Å². The fraction of sp³-hybridized carbons (Fsp3) is 0.700. The normalized spacial score (nSPS) is 13.8. The third-order valence-corrected chi connectivity index (χ3v) is 2.50. The molecule has 0 aromatic heterocycles. The first-order valence-electron chi connectivity index (χ1n) is 4.90. The smallest absolute Gasteiger partial charge is 0.358 e. The van der Waals surface area contributed by atoms with E-state index in [1.54, 1.807) is 13.8 Å². The standard InChI is InChI=1S/C10H15BrO5/c1-4-10(8(13)6-11,16-7(3)12)9(14)15-5-2/h4-6H2,1-3H3/t10-/m1/s1. The van der Waals surface area contributed by atoms with E-state index in [0.29, 0.717) is 0 Å². The molecule has 0 saturated carbocycles. The summed E-state index contributed by atoms with van der Waals surface area (Å²) < 4.78 is 9.63. The Balaban J connectivity index is 5.18. The molecular weight excluding hydrogens is 280 g/mol. The van der Waals surface area contributed by atoms with Crippen LogP contribution >= 0.6 is 15.9 Å². The second kappa shape index (κ2) is 6.62. The molecule has 0 aliphatic carbocycles. The van der Waals surface area contributed by atoms with E-state index in [1.165, 1.54) is 0 Å². The molecule has 0 heterocycles. The largest absolute Gasteiger partial charge is 0.463 e. The van der Waals surface area contributed by atoms with Crippen molar-refractivity contribution >= 4 is 33.7 Å². The predicted octanol–water partition coefficient (Wildman–Crippen LogP) is 1.23. The number of halogens is 1. The molecule has 0 aromatic carbocycles. The molecule has 0 saturated heterocycles. The van der Waals surface area contributed by atoms with Gasteiger partial charge in [0.1, 0.15) is 0 Å². The maximum Gasteiger partial charge on any atom is 0.358 e. The lowest BCUT2D eigenvalue weighted by molar-refractivity contribution is -0.184. The van der Waals surface area contributed by atoms with E-state index >= 15 is 0 Å². The zero-order valence-corrected chi connectivity index (χ0v) is 11.1. The average Bonchev–Trinajstić information content (AvgIpc) is 2.24. The Morgan fingerprint density at radius 3 is 2.12 bits per heavy atom. The zero-order chi connectivity index (χ0) is 12.8. The molecule has 0 spiro atoms. The van der Waals surface area contributed by atoms with Gasteiger partial charge in [-0.3, -0.25) is 9.59 Å². The molecule has 0 fully saturated rings. The number of hydrogen-bond acceptors (Lipinski definition) is 5. The summed E-state index contributed by atoms with van der Waals surface area (Å²) in [5, 5.41) is -0.0765. The van der Waals surface area contributed by atoms with Gasteiger partial charge in [-0.05, 0) is 6.92 Å². The van der Waals surface area contributed by atoms with Crippen LogP contribution in [0.2, 0.25) is 0 Å². The molecule has 0 N–H and O–H groups in total. The lowest BCUT2D eigenvalue weighted by Crippen LogP contribution is -2.51. The first-order chi connectivity index (χ1) is 7.44. The molecule has 0 unspecified atom stereocenters. The van der Waals surface area contributed by atoms with Crippen molar-refractivity contribution in [3.05, 3.63) is 0 Å². The van der Waals surface area contributed by atoms with Gasteiger partial charge in [0.25, 0.3) is 5.60 Å². The van der Waals surface area contributed by atoms with Crippen molar-refractivity contribution in [2.45, 2.75) is 32.8 Å². The van der Waals surface area contributed by atoms with Gasteiger partial charge in [0.2, 0.25) is 0 Å². The van der Waals surface area contributed by atoms with Crippen LogP contribution in [0, 0.1) is 0 Å². The van der Waals surface area contributed by atoms with Gasteiger partial charge in [-0.1, -0.05) is 22.9 Å². The average molecular weight is 295 g/mol. The molecule has 0 aliphatic rings. The fourth-order valence-corrected chi connectivity index (χ4v) is 1.68. The molecule has 0 rings (SSSR count). The Kier molecular flexibility index (Phi) is 6.25. The lowest BCUT2D eigenvalue weighted by atomic mass is 9.96. The van der Waals surface area contributed by atoms with E-state index in [4.69, 9.17) is 9.47 Å². The number of ether oxygens (including phenoxy) is 2. The Bertz CT molecular complexity index is 289. The molecule has 0 aromatic rings. The molecular formula is C10H15BrO5. The Morgan fingerprint density at radius 2 is 1.81 bits per heavy atom. The number of hydrogen-bond donors (Lipinski definition) is 0. The summed E-state index contributed by atoms with van der Waals surface area (Å²) >= 11 is 2.95. The molecule has 5 nitrogen and oxygen atoms in total. The second-order valence-electron chi connectivity index (χ2n) is 3.05. The predicted molar refractivity (Wildman–Crippen MR) is 60.2 cm³/mol. The van der Waals surface area contributed by atoms with E-state index in [0.717, 1.165) is 6.92 Å². The molecule has 0 bridgehead atoms. The minimum absolute atomic E-state index is 0.0514. The molecule has 0 amide bonds. The van der Waals surface area contributed by atoms with E-state index in [-0.39, 0.29) is 18.4 Å². The first kappa shape index (κ1) is 15.1. The number of carbonyl (C=O) groups is 3. The van der Waals surface area contributed by atoms with Crippen LogP contribution in [-0.4, -0.2) is 35.3 Å². The summed E-state index contributed by atoms with van der Waals surface area (Å²) in [6.45, 7) is 4.47. The molecule has 16 heavy (non-hydrogen) atoms. The van der Waals surface area contributed by atoms with Crippen LogP contribution in [0.15, 0.2) is 0 Å². The highest BCUT2D eigenvalue weighted by atomic mass is 79.9. The minimum atomic E-state index is -1.81. The third-order valence-electron chi connectivity index (χ3n) is 1.99. The number of Topliss-reactive ketones (excluding diaryl/α,β-unsaturated/α-hetero) is 1. The Labute approximate surface area is 103 Å². The van der Waals surface area contributed by atoms with Gasteiger partial charge in [0.05, 0.1) is 11.9 Å². The van der Waals surface area contributed by atoms with E-state index in [2.05, 4.69) is 15.9 Å². The van der Waals surface area contributed by atoms with Crippen LogP contribution in [0.1, 0.15) is 27.2 Å². The van der Waals surface area contributed by atoms with E-state index in [1.807, 2.05) is 0 Å². The molecule has 6 heteroatoms. The van der Waals surface area contributed by atoms with Crippen LogP contribution in [0.25, 0.3) is 0 Å². The highest BCUT2D eigenvalue weighted by molar-refractivity contribution is 9.09. The second-order valence-corrected chi connectivity index (χ2v) is 3.61. The van der Waals surface area contributed by atoms with Gasteiger partial charge >= 0.3 is 11.9 Å².